The molecule has 6 heteroatoms. The number of hydrogen-bond donors (Lipinski definition) is 2. The second-order valence-electron chi connectivity index (χ2n) is 9.77. The van der Waals surface area contributed by atoms with Gasteiger partial charge in [0.05, 0.1) is 6.04 Å². The molecule has 0 aromatic carbocycles. The van der Waals surface area contributed by atoms with E-state index in [4.69, 9.17) is 0 Å². The maximum Gasteiger partial charge on any atom is 0.408 e. The Hall–Kier alpha value is -0.460. The average molecular weight is 359 g/mol. The summed E-state index contributed by atoms with van der Waals surface area (Å²) >= 11 is -1.10. The third-order valence-electron chi connectivity index (χ3n) is 5.95. The summed E-state index contributed by atoms with van der Waals surface area (Å²) in [7, 11) is 0. The molecule has 2 aliphatic carbocycles. The van der Waals surface area contributed by atoms with Gasteiger partial charge in [-0.05, 0) is 86.0 Å². The molecule has 140 valence electrons. The van der Waals surface area contributed by atoms with Gasteiger partial charge in [0.25, 0.3) is 0 Å². The van der Waals surface area contributed by atoms with E-state index in [0.717, 1.165) is 32.1 Å². The summed E-state index contributed by atoms with van der Waals surface area (Å²) in [6.45, 7) is 14.0. The van der Waals surface area contributed by atoms with Gasteiger partial charge in [0.2, 0.25) is 0 Å². The molecule has 0 saturated heterocycles. The molecule has 5 nitrogen and oxygen atoms in total. The number of nitrogens with zero attached hydrogens (tertiary/aromatic N) is 1. The largest absolute Gasteiger partial charge is 0.598 e. The summed E-state index contributed by atoms with van der Waals surface area (Å²) in [6, 6.07) is 0.123. The molecule has 0 radical (unpaired) electrons. The van der Waals surface area contributed by atoms with Crippen molar-refractivity contribution in [1.82, 2.24) is 9.62 Å². The highest BCUT2D eigenvalue weighted by Gasteiger charge is 2.62. The zero-order chi connectivity index (χ0) is 18.6. The monoisotopic (exact) mass is 358 g/mol. The van der Waals surface area contributed by atoms with Gasteiger partial charge >= 0.3 is 6.09 Å². The SMILES string of the molecule is C[C@H](N[S+]([O-])C(C)(C)C)C12CCC(N(C(=O)O)C(C)(C)C)(CC1)C2. The van der Waals surface area contributed by atoms with Gasteiger partial charge in [0, 0.05) is 22.4 Å². The van der Waals surface area contributed by atoms with Crippen molar-refractivity contribution < 1.29 is 14.5 Å². The Morgan fingerprint density at radius 1 is 1.17 bits per heavy atom. The minimum Gasteiger partial charge on any atom is -0.598 e. The van der Waals surface area contributed by atoms with E-state index in [2.05, 4.69) is 11.6 Å². The van der Waals surface area contributed by atoms with Crippen molar-refractivity contribution in [2.45, 2.75) is 102 Å². The summed E-state index contributed by atoms with van der Waals surface area (Å²) in [5.74, 6) is 0. The number of amides is 1. The number of carboxylic acid groups (broad SMARTS) is 1. The van der Waals surface area contributed by atoms with Crippen molar-refractivity contribution in [2.24, 2.45) is 5.41 Å². The average Bonchev–Trinajstić information content (AvgIpc) is 2.92. The minimum atomic E-state index is -1.10. The highest BCUT2D eigenvalue weighted by molar-refractivity contribution is 7.90. The lowest BCUT2D eigenvalue weighted by Crippen LogP contribution is -2.57. The molecule has 2 saturated carbocycles. The molecule has 0 aromatic heterocycles. The molecule has 0 heterocycles. The van der Waals surface area contributed by atoms with Crippen LogP contribution in [-0.2, 0) is 11.4 Å². The zero-order valence-electron chi connectivity index (χ0n) is 16.2. The summed E-state index contributed by atoms with van der Waals surface area (Å²) in [6.07, 6.45) is 3.87. The van der Waals surface area contributed by atoms with Gasteiger partial charge in [-0.3, -0.25) is 4.90 Å². The van der Waals surface area contributed by atoms with Crippen molar-refractivity contribution >= 4 is 17.5 Å². The molecule has 2 bridgehead atoms. The maximum atomic E-state index is 12.5. The number of rotatable bonds is 4. The number of fused-ring (bicyclic) bond motifs is 2. The Bertz CT molecular complexity index is 487. The van der Waals surface area contributed by atoms with Gasteiger partial charge in [-0.2, -0.15) is 0 Å². The molecular formula is C18H34N2O3S. The summed E-state index contributed by atoms with van der Waals surface area (Å²) in [5.41, 5.74) is -0.611. The van der Waals surface area contributed by atoms with Crippen LogP contribution >= 0.6 is 0 Å². The molecule has 2 atom stereocenters. The first kappa shape index (κ1) is 19.9. The normalized spacial score (nSPS) is 32.7. The van der Waals surface area contributed by atoms with Crippen LogP contribution in [0.5, 0.6) is 0 Å². The highest BCUT2D eigenvalue weighted by atomic mass is 32.2. The lowest BCUT2D eigenvalue weighted by atomic mass is 9.78. The van der Waals surface area contributed by atoms with E-state index in [9.17, 15) is 14.5 Å². The van der Waals surface area contributed by atoms with Gasteiger partial charge in [-0.15, -0.1) is 4.72 Å². The molecule has 1 unspecified atom stereocenters. The van der Waals surface area contributed by atoms with E-state index in [1.54, 1.807) is 4.90 Å². The van der Waals surface area contributed by atoms with Gasteiger partial charge < -0.3 is 9.66 Å². The van der Waals surface area contributed by atoms with Crippen LogP contribution in [0.4, 0.5) is 4.79 Å². The molecule has 0 spiro atoms. The minimum absolute atomic E-state index is 0.0554. The van der Waals surface area contributed by atoms with Crippen LogP contribution in [0.3, 0.4) is 0 Å². The Balaban J connectivity index is 2.19. The van der Waals surface area contributed by atoms with Crippen LogP contribution in [0.25, 0.3) is 0 Å². The maximum absolute atomic E-state index is 12.5. The van der Waals surface area contributed by atoms with Crippen molar-refractivity contribution in [2.75, 3.05) is 0 Å². The Morgan fingerprint density at radius 2 is 1.67 bits per heavy atom. The first-order valence-corrected chi connectivity index (χ1v) is 10.1. The van der Waals surface area contributed by atoms with Gasteiger partial charge in [0.15, 0.2) is 0 Å². The summed E-state index contributed by atoms with van der Waals surface area (Å²) < 4.78 is 15.5. The van der Waals surface area contributed by atoms with Crippen molar-refractivity contribution in [1.29, 1.82) is 0 Å². The number of nitrogens with one attached hydrogen (secondary N) is 1. The van der Waals surface area contributed by atoms with E-state index in [0.29, 0.717) is 0 Å². The molecule has 0 aromatic rings. The fourth-order valence-corrected chi connectivity index (χ4v) is 5.70. The van der Waals surface area contributed by atoms with Crippen LogP contribution in [0, 0.1) is 5.41 Å². The molecule has 0 aliphatic heterocycles. The standard InChI is InChI=1S/C18H34N2O3S/c1-13(19-24(23)16(5,6)7)17-8-10-18(12-17,11-9-17)20(14(21)22)15(2,3)4/h13,19H,8-12H2,1-7H3,(H,21,22)/t13-,17?,18?,24?/m0/s1. The third-order valence-corrected chi connectivity index (χ3v) is 7.63. The Kier molecular flexibility index (Phi) is 5.01. The molecule has 2 fully saturated rings. The van der Waals surface area contributed by atoms with Gasteiger partial charge in [-0.25, -0.2) is 4.79 Å². The van der Waals surface area contributed by atoms with E-state index in [1.165, 1.54) is 0 Å². The Labute approximate surface area is 149 Å². The zero-order valence-corrected chi connectivity index (χ0v) is 17.0. The van der Waals surface area contributed by atoms with Gasteiger partial charge in [-0.1, -0.05) is 0 Å². The van der Waals surface area contributed by atoms with Crippen LogP contribution in [-0.4, -0.2) is 42.5 Å². The van der Waals surface area contributed by atoms with E-state index >= 15 is 0 Å². The van der Waals surface area contributed by atoms with Crippen LogP contribution in [0.2, 0.25) is 0 Å². The molecule has 2 rings (SSSR count). The van der Waals surface area contributed by atoms with Crippen molar-refractivity contribution in [3.05, 3.63) is 0 Å². The molecule has 24 heavy (non-hydrogen) atoms. The quantitative estimate of drug-likeness (QED) is 0.747. The van der Waals surface area contributed by atoms with Crippen LogP contribution < -0.4 is 4.72 Å². The highest BCUT2D eigenvalue weighted by Crippen LogP contribution is 2.61. The van der Waals surface area contributed by atoms with E-state index < -0.39 is 23.0 Å². The topological polar surface area (TPSA) is 75.6 Å². The molecule has 2 aliphatic rings. The van der Waals surface area contributed by atoms with Crippen LogP contribution in [0.1, 0.15) is 80.6 Å². The van der Waals surface area contributed by atoms with Gasteiger partial charge in [0.1, 0.15) is 4.75 Å². The fraction of sp³-hybridized carbons (Fsp3) is 0.944. The predicted molar refractivity (Wildman–Crippen MR) is 98.4 cm³/mol. The second kappa shape index (κ2) is 6.06. The smallest absolute Gasteiger partial charge is 0.408 e. The van der Waals surface area contributed by atoms with Crippen molar-refractivity contribution in [3.8, 4) is 0 Å². The van der Waals surface area contributed by atoms with E-state index in [-0.39, 0.29) is 21.7 Å². The number of hydrogen-bond acceptors (Lipinski definition) is 3. The first-order valence-electron chi connectivity index (χ1n) is 8.95. The molecule has 2 N–H and O–H groups in total. The Morgan fingerprint density at radius 3 is 2.04 bits per heavy atom. The molecular weight excluding hydrogens is 324 g/mol. The summed E-state index contributed by atoms with van der Waals surface area (Å²) in [4.78, 5) is 13.7. The predicted octanol–water partition coefficient (Wildman–Crippen LogP) is 3.91. The third kappa shape index (κ3) is 3.42. The lowest BCUT2D eigenvalue weighted by molar-refractivity contribution is 0.0200. The first-order chi connectivity index (χ1) is 10.7. The summed E-state index contributed by atoms with van der Waals surface area (Å²) in [5, 5.41) is 9.82. The van der Waals surface area contributed by atoms with E-state index in [1.807, 2.05) is 41.5 Å². The lowest BCUT2D eigenvalue weighted by Gasteiger charge is -2.46. The molecule has 1 amide bonds. The second-order valence-corrected chi connectivity index (χ2v) is 11.8. The van der Waals surface area contributed by atoms with Crippen molar-refractivity contribution in [3.63, 3.8) is 0 Å². The fourth-order valence-electron chi connectivity index (χ4n) is 4.77. The number of carbonyl (C=O) groups is 1. The van der Waals surface area contributed by atoms with Crippen LogP contribution in [0.15, 0.2) is 0 Å².